The molecule has 0 radical (unpaired) electrons. The lowest BCUT2D eigenvalue weighted by molar-refractivity contribution is -0.129. The summed E-state index contributed by atoms with van der Waals surface area (Å²) < 4.78 is 0. The lowest BCUT2D eigenvalue weighted by atomic mass is 10.1. The van der Waals surface area contributed by atoms with Gasteiger partial charge in [0, 0.05) is 6.54 Å². The number of carboxylic acids is 1. The molecule has 1 aromatic rings. The molecule has 0 aromatic heterocycles. The Morgan fingerprint density at radius 1 is 1.18 bits per heavy atom. The van der Waals surface area contributed by atoms with Crippen LogP contribution in [0.4, 0.5) is 0 Å². The molecule has 22 heavy (non-hydrogen) atoms. The Labute approximate surface area is 128 Å². The van der Waals surface area contributed by atoms with Crippen LogP contribution in [0.1, 0.15) is 36.2 Å². The summed E-state index contributed by atoms with van der Waals surface area (Å²) in [5.74, 6) is -1.56. The Morgan fingerprint density at radius 2 is 1.82 bits per heavy atom. The average Bonchev–Trinajstić information content (AvgIpc) is 2.45. The molecule has 0 bridgehead atoms. The maximum Gasteiger partial charge on any atom is 0.335 e. The summed E-state index contributed by atoms with van der Waals surface area (Å²) >= 11 is 0. The highest BCUT2D eigenvalue weighted by molar-refractivity contribution is 5.97. The number of benzene rings is 1. The zero-order valence-corrected chi connectivity index (χ0v) is 12.5. The van der Waals surface area contributed by atoms with Crippen LogP contribution in [0.15, 0.2) is 29.4 Å². The third kappa shape index (κ3) is 6.65. The highest BCUT2D eigenvalue weighted by atomic mass is 16.4. The maximum absolute atomic E-state index is 11.5. The summed E-state index contributed by atoms with van der Waals surface area (Å²) in [6.45, 7) is 4.44. The predicted octanol–water partition coefficient (Wildman–Crippen LogP) is 0.997. The Morgan fingerprint density at radius 3 is 2.36 bits per heavy atom. The van der Waals surface area contributed by atoms with Crippen LogP contribution in [-0.2, 0) is 9.59 Å². The van der Waals surface area contributed by atoms with E-state index in [0.717, 1.165) is 0 Å². The van der Waals surface area contributed by atoms with Gasteiger partial charge in [0.15, 0.2) is 0 Å². The van der Waals surface area contributed by atoms with Crippen LogP contribution in [-0.4, -0.2) is 35.6 Å². The van der Waals surface area contributed by atoms with E-state index in [9.17, 15) is 14.4 Å². The van der Waals surface area contributed by atoms with Gasteiger partial charge in [0.25, 0.3) is 0 Å². The summed E-state index contributed by atoms with van der Waals surface area (Å²) in [4.78, 5) is 33.6. The standard InChI is InChI=1S/C15H19N3O4/c1-10(2)8-16-13(19)7-14(20)18-17-9-11-3-5-12(6-4-11)15(21)22/h3-6,9-10H,7-8H2,1-2H3,(H,16,19)(H,18,20)(H,21,22)/b17-9+. The first-order valence-corrected chi connectivity index (χ1v) is 6.80. The molecule has 118 valence electrons. The topological polar surface area (TPSA) is 108 Å². The number of amides is 2. The first-order valence-electron chi connectivity index (χ1n) is 6.80. The molecular formula is C15H19N3O4. The number of nitrogens with one attached hydrogen (secondary N) is 2. The van der Waals surface area contributed by atoms with E-state index in [-0.39, 0.29) is 17.9 Å². The van der Waals surface area contributed by atoms with Crippen LogP contribution in [0.5, 0.6) is 0 Å². The average molecular weight is 305 g/mol. The molecule has 0 aliphatic carbocycles. The van der Waals surface area contributed by atoms with E-state index in [1.807, 2.05) is 13.8 Å². The van der Waals surface area contributed by atoms with Gasteiger partial charge in [-0.25, -0.2) is 10.2 Å². The van der Waals surface area contributed by atoms with Gasteiger partial charge in [-0.05, 0) is 23.6 Å². The number of rotatable bonds is 7. The molecule has 1 rings (SSSR count). The number of aromatic carboxylic acids is 1. The molecule has 0 atom stereocenters. The van der Waals surface area contributed by atoms with Crippen molar-refractivity contribution in [3.05, 3.63) is 35.4 Å². The fourth-order valence-corrected chi connectivity index (χ4v) is 1.46. The van der Waals surface area contributed by atoms with Gasteiger partial charge in [-0.1, -0.05) is 26.0 Å². The summed E-state index contributed by atoms with van der Waals surface area (Å²) in [5, 5.41) is 15.1. The number of carboxylic acid groups (broad SMARTS) is 1. The molecular weight excluding hydrogens is 286 g/mol. The normalized spacial score (nSPS) is 10.7. The Hall–Kier alpha value is -2.70. The largest absolute Gasteiger partial charge is 0.478 e. The third-order valence-electron chi connectivity index (χ3n) is 2.59. The lowest BCUT2D eigenvalue weighted by Gasteiger charge is -2.06. The molecule has 0 saturated carbocycles. The van der Waals surface area contributed by atoms with E-state index < -0.39 is 11.9 Å². The molecule has 0 saturated heterocycles. The van der Waals surface area contributed by atoms with Gasteiger partial charge < -0.3 is 10.4 Å². The Balaban J connectivity index is 2.39. The predicted molar refractivity (Wildman–Crippen MR) is 81.6 cm³/mol. The smallest absolute Gasteiger partial charge is 0.335 e. The second kappa shape index (κ2) is 8.56. The van der Waals surface area contributed by atoms with Gasteiger partial charge in [0.1, 0.15) is 6.42 Å². The number of carbonyl (C=O) groups excluding carboxylic acids is 2. The number of hydrazone groups is 1. The van der Waals surface area contributed by atoms with Crippen LogP contribution in [0, 0.1) is 5.92 Å². The van der Waals surface area contributed by atoms with E-state index in [1.165, 1.54) is 18.3 Å². The SMILES string of the molecule is CC(C)CNC(=O)CC(=O)N/N=C/c1ccc(C(=O)O)cc1. The lowest BCUT2D eigenvalue weighted by Crippen LogP contribution is -2.32. The monoisotopic (exact) mass is 305 g/mol. The van der Waals surface area contributed by atoms with Gasteiger partial charge in [-0.3, -0.25) is 9.59 Å². The van der Waals surface area contributed by atoms with Crippen LogP contribution in [0.25, 0.3) is 0 Å². The first-order chi connectivity index (χ1) is 10.4. The Bertz CT molecular complexity index is 565. The van der Waals surface area contributed by atoms with Gasteiger partial charge in [0.2, 0.25) is 11.8 Å². The zero-order valence-electron chi connectivity index (χ0n) is 12.5. The number of nitrogens with zero attached hydrogens (tertiary/aromatic N) is 1. The van der Waals surface area contributed by atoms with Gasteiger partial charge >= 0.3 is 5.97 Å². The van der Waals surface area contributed by atoms with E-state index >= 15 is 0 Å². The molecule has 2 amide bonds. The maximum atomic E-state index is 11.5. The molecule has 0 unspecified atom stereocenters. The molecule has 0 aliphatic rings. The van der Waals surface area contributed by atoms with Crippen LogP contribution < -0.4 is 10.7 Å². The van der Waals surface area contributed by atoms with Gasteiger partial charge in [0.05, 0.1) is 11.8 Å². The Kier molecular flexibility index (Phi) is 6.75. The van der Waals surface area contributed by atoms with E-state index in [1.54, 1.807) is 12.1 Å². The minimum absolute atomic E-state index is 0.169. The minimum Gasteiger partial charge on any atom is -0.478 e. The molecule has 7 nitrogen and oxygen atoms in total. The number of hydrogen-bond acceptors (Lipinski definition) is 4. The van der Waals surface area contributed by atoms with Crippen molar-refractivity contribution >= 4 is 24.0 Å². The molecule has 0 spiro atoms. The summed E-state index contributed by atoms with van der Waals surface area (Å²) in [7, 11) is 0. The van der Waals surface area contributed by atoms with Crippen LogP contribution in [0.3, 0.4) is 0 Å². The van der Waals surface area contributed by atoms with Gasteiger partial charge in [-0.2, -0.15) is 5.10 Å². The first kappa shape index (κ1) is 17.4. The van der Waals surface area contributed by atoms with Crippen molar-refractivity contribution in [1.82, 2.24) is 10.7 Å². The number of hydrogen-bond donors (Lipinski definition) is 3. The molecule has 7 heteroatoms. The van der Waals surface area contributed by atoms with Crippen molar-refractivity contribution in [2.24, 2.45) is 11.0 Å². The molecule has 1 aromatic carbocycles. The van der Waals surface area contributed by atoms with Crippen molar-refractivity contribution in [3.63, 3.8) is 0 Å². The molecule has 0 heterocycles. The second-order valence-corrected chi connectivity index (χ2v) is 5.10. The third-order valence-corrected chi connectivity index (χ3v) is 2.59. The fourth-order valence-electron chi connectivity index (χ4n) is 1.46. The fraction of sp³-hybridized carbons (Fsp3) is 0.333. The highest BCUT2D eigenvalue weighted by Gasteiger charge is 2.08. The van der Waals surface area contributed by atoms with Crippen molar-refractivity contribution < 1.29 is 19.5 Å². The van der Waals surface area contributed by atoms with E-state index in [0.29, 0.717) is 18.0 Å². The van der Waals surface area contributed by atoms with Crippen molar-refractivity contribution in [3.8, 4) is 0 Å². The summed E-state index contributed by atoms with van der Waals surface area (Å²) in [5.41, 5.74) is 3.04. The molecule has 3 N–H and O–H groups in total. The van der Waals surface area contributed by atoms with Crippen molar-refractivity contribution in [2.45, 2.75) is 20.3 Å². The second-order valence-electron chi connectivity index (χ2n) is 5.10. The van der Waals surface area contributed by atoms with Gasteiger partial charge in [-0.15, -0.1) is 0 Å². The summed E-state index contributed by atoms with van der Waals surface area (Å²) in [6, 6.07) is 6.00. The summed E-state index contributed by atoms with van der Waals surface area (Å²) in [6.07, 6.45) is 1.08. The van der Waals surface area contributed by atoms with E-state index in [4.69, 9.17) is 5.11 Å². The molecule has 0 aliphatic heterocycles. The molecule has 0 fully saturated rings. The quantitative estimate of drug-likeness (QED) is 0.396. The van der Waals surface area contributed by atoms with Crippen molar-refractivity contribution in [1.29, 1.82) is 0 Å². The van der Waals surface area contributed by atoms with Crippen LogP contribution in [0.2, 0.25) is 0 Å². The van der Waals surface area contributed by atoms with Crippen molar-refractivity contribution in [2.75, 3.05) is 6.54 Å². The van der Waals surface area contributed by atoms with E-state index in [2.05, 4.69) is 15.8 Å². The minimum atomic E-state index is -1.01. The van der Waals surface area contributed by atoms with Crippen LogP contribution >= 0.6 is 0 Å². The highest BCUT2D eigenvalue weighted by Crippen LogP contribution is 2.02. The number of carbonyl (C=O) groups is 3. The zero-order chi connectivity index (χ0) is 16.5.